The number of hydrogen-bond acceptors (Lipinski definition) is 4. The lowest BCUT2D eigenvalue weighted by Crippen LogP contribution is -2.31. The van der Waals surface area contributed by atoms with E-state index in [0.29, 0.717) is 0 Å². The summed E-state index contributed by atoms with van der Waals surface area (Å²) in [6, 6.07) is 0. The Hall–Kier alpha value is -0.160. The Kier molecular flexibility index (Phi) is 2.25. The van der Waals surface area contributed by atoms with E-state index in [-0.39, 0.29) is 18.9 Å². The van der Waals surface area contributed by atoms with Crippen molar-refractivity contribution in [2.45, 2.75) is 24.7 Å². The molecule has 4 N–H and O–H groups in total. The van der Waals surface area contributed by atoms with Gasteiger partial charge in [0.1, 0.15) is 6.10 Å². The summed E-state index contributed by atoms with van der Waals surface area (Å²) in [5.74, 6) is -0.370. The molecule has 0 aromatic rings. The third kappa shape index (κ3) is 1.15. The van der Waals surface area contributed by atoms with Crippen molar-refractivity contribution in [3.63, 3.8) is 0 Å². The predicted octanol–water partition coefficient (Wildman–Crippen LogP) is -1.92. The van der Waals surface area contributed by atoms with Crippen molar-refractivity contribution < 1.29 is 20.4 Å². The largest absolute Gasteiger partial charge is 0.396 e. The molecule has 4 atom stereocenters. The summed E-state index contributed by atoms with van der Waals surface area (Å²) >= 11 is 0. The zero-order chi connectivity index (χ0) is 7.72. The minimum Gasteiger partial charge on any atom is -0.396 e. The summed E-state index contributed by atoms with van der Waals surface area (Å²) in [6.45, 7) is -0.185. The lowest BCUT2D eigenvalue weighted by molar-refractivity contribution is -0.0302. The van der Waals surface area contributed by atoms with Gasteiger partial charge in [-0.25, -0.2) is 0 Å². The third-order valence-corrected chi connectivity index (χ3v) is 2.01. The van der Waals surface area contributed by atoms with E-state index in [1.54, 1.807) is 0 Å². The molecule has 60 valence electrons. The van der Waals surface area contributed by atoms with Crippen LogP contribution in [0.2, 0.25) is 0 Å². The Bertz CT molecular complexity index is 116. The smallest absolute Gasteiger partial charge is 0.106 e. The minimum atomic E-state index is -1.09. The topological polar surface area (TPSA) is 80.9 Å². The Morgan fingerprint density at radius 3 is 1.90 bits per heavy atom. The summed E-state index contributed by atoms with van der Waals surface area (Å²) in [6.07, 6.45) is -2.66. The van der Waals surface area contributed by atoms with Crippen LogP contribution < -0.4 is 0 Å². The molecule has 1 rings (SSSR count). The second-order valence-electron chi connectivity index (χ2n) is 2.73. The van der Waals surface area contributed by atoms with Crippen LogP contribution in [-0.4, -0.2) is 45.3 Å². The quantitative estimate of drug-likeness (QED) is 0.349. The van der Waals surface area contributed by atoms with Crippen molar-refractivity contribution in [1.29, 1.82) is 0 Å². The molecule has 0 unspecified atom stereocenters. The third-order valence-electron chi connectivity index (χ3n) is 2.01. The zero-order valence-corrected chi connectivity index (χ0v) is 5.51. The fraction of sp³-hybridized carbons (Fsp3) is 1.00. The van der Waals surface area contributed by atoms with Gasteiger partial charge in [-0.1, -0.05) is 0 Å². The Labute approximate surface area is 58.7 Å². The lowest BCUT2D eigenvalue weighted by Gasteiger charge is -2.12. The van der Waals surface area contributed by atoms with Gasteiger partial charge in [0.2, 0.25) is 0 Å². The molecule has 0 bridgehead atoms. The molecule has 1 fully saturated rings. The average Bonchev–Trinajstić information content (AvgIpc) is 2.17. The SMILES string of the molecule is OC[C@H]1C[C@H](O)[C@H](O)[C@H]1O. The normalized spacial score (nSPS) is 48.0. The second kappa shape index (κ2) is 2.84. The molecule has 1 aliphatic carbocycles. The van der Waals surface area contributed by atoms with Crippen LogP contribution in [0.5, 0.6) is 0 Å². The van der Waals surface area contributed by atoms with Gasteiger partial charge in [-0.2, -0.15) is 0 Å². The van der Waals surface area contributed by atoms with E-state index in [0.717, 1.165) is 0 Å². The van der Waals surface area contributed by atoms with Gasteiger partial charge < -0.3 is 20.4 Å². The molecule has 0 aromatic heterocycles. The number of rotatable bonds is 1. The molecule has 0 aromatic carbocycles. The number of aliphatic hydroxyl groups is 4. The van der Waals surface area contributed by atoms with Crippen LogP contribution in [0, 0.1) is 5.92 Å². The maximum absolute atomic E-state index is 9.06. The van der Waals surface area contributed by atoms with Crippen molar-refractivity contribution in [1.82, 2.24) is 0 Å². The summed E-state index contributed by atoms with van der Waals surface area (Å²) in [4.78, 5) is 0. The van der Waals surface area contributed by atoms with Crippen molar-refractivity contribution in [2.75, 3.05) is 6.61 Å². The average molecular weight is 148 g/mol. The van der Waals surface area contributed by atoms with Gasteiger partial charge in [0.25, 0.3) is 0 Å². The van der Waals surface area contributed by atoms with E-state index < -0.39 is 18.3 Å². The van der Waals surface area contributed by atoms with Crippen molar-refractivity contribution in [3.8, 4) is 0 Å². The molecule has 1 saturated carbocycles. The first-order chi connectivity index (χ1) is 4.66. The molecular weight excluding hydrogens is 136 g/mol. The summed E-state index contributed by atoms with van der Waals surface area (Å²) in [5, 5.41) is 35.6. The highest BCUT2D eigenvalue weighted by Gasteiger charge is 2.39. The van der Waals surface area contributed by atoms with Gasteiger partial charge >= 0.3 is 0 Å². The van der Waals surface area contributed by atoms with Crippen LogP contribution in [-0.2, 0) is 0 Å². The first-order valence-corrected chi connectivity index (χ1v) is 3.32. The van der Waals surface area contributed by atoms with Gasteiger partial charge in [-0.3, -0.25) is 0 Å². The number of aliphatic hydroxyl groups excluding tert-OH is 4. The van der Waals surface area contributed by atoms with Crippen LogP contribution >= 0.6 is 0 Å². The zero-order valence-electron chi connectivity index (χ0n) is 5.51. The first kappa shape index (κ1) is 7.94. The van der Waals surface area contributed by atoms with Crippen molar-refractivity contribution in [2.24, 2.45) is 5.92 Å². The van der Waals surface area contributed by atoms with Crippen LogP contribution in [0.3, 0.4) is 0 Å². The minimum absolute atomic E-state index is 0.185. The molecule has 4 heteroatoms. The molecule has 0 saturated heterocycles. The van der Waals surface area contributed by atoms with E-state index in [1.807, 2.05) is 0 Å². The van der Waals surface area contributed by atoms with Crippen LogP contribution in [0.4, 0.5) is 0 Å². The van der Waals surface area contributed by atoms with E-state index in [2.05, 4.69) is 0 Å². The molecule has 0 amide bonds. The highest BCUT2D eigenvalue weighted by molar-refractivity contribution is 4.90. The van der Waals surface area contributed by atoms with Gasteiger partial charge in [0, 0.05) is 12.5 Å². The monoisotopic (exact) mass is 148 g/mol. The second-order valence-corrected chi connectivity index (χ2v) is 2.73. The molecular formula is C6H12O4. The maximum atomic E-state index is 9.06. The summed E-state index contributed by atoms with van der Waals surface area (Å²) in [5.41, 5.74) is 0. The fourth-order valence-electron chi connectivity index (χ4n) is 1.28. The number of hydrogen-bond donors (Lipinski definition) is 4. The van der Waals surface area contributed by atoms with Gasteiger partial charge in [-0.05, 0) is 6.42 Å². The van der Waals surface area contributed by atoms with E-state index in [4.69, 9.17) is 20.4 Å². The molecule has 0 heterocycles. The molecule has 0 aliphatic heterocycles. The van der Waals surface area contributed by atoms with Crippen LogP contribution in [0.15, 0.2) is 0 Å². The predicted molar refractivity (Wildman–Crippen MR) is 33.2 cm³/mol. The van der Waals surface area contributed by atoms with Crippen molar-refractivity contribution in [3.05, 3.63) is 0 Å². The van der Waals surface area contributed by atoms with E-state index in [1.165, 1.54) is 0 Å². The first-order valence-electron chi connectivity index (χ1n) is 3.32. The standard InChI is InChI=1S/C6H12O4/c7-2-3-1-4(8)6(10)5(3)9/h3-10H,1-2H2/t3-,4+,5+,6+/m1/s1. The Morgan fingerprint density at radius 2 is 1.70 bits per heavy atom. The molecule has 1 aliphatic rings. The molecule has 4 nitrogen and oxygen atoms in total. The molecule has 10 heavy (non-hydrogen) atoms. The van der Waals surface area contributed by atoms with Crippen LogP contribution in [0.25, 0.3) is 0 Å². The highest BCUT2D eigenvalue weighted by atomic mass is 16.4. The summed E-state index contributed by atoms with van der Waals surface area (Å²) < 4.78 is 0. The lowest BCUT2D eigenvalue weighted by atomic mass is 10.1. The summed E-state index contributed by atoms with van der Waals surface area (Å²) in [7, 11) is 0. The molecule has 0 radical (unpaired) electrons. The Morgan fingerprint density at radius 1 is 1.10 bits per heavy atom. The maximum Gasteiger partial charge on any atom is 0.106 e. The van der Waals surface area contributed by atoms with Gasteiger partial charge in [0.05, 0.1) is 12.2 Å². The molecule has 0 spiro atoms. The fourth-order valence-corrected chi connectivity index (χ4v) is 1.28. The van der Waals surface area contributed by atoms with E-state index >= 15 is 0 Å². The van der Waals surface area contributed by atoms with Crippen LogP contribution in [0.1, 0.15) is 6.42 Å². The van der Waals surface area contributed by atoms with Gasteiger partial charge in [-0.15, -0.1) is 0 Å². The van der Waals surface area contributed by atoms with Gasteiger partial charge in [0.15, 0.2) is 0 Å². The Balaban J connectivity index is 2.53. The van der Waals surface area contributed by atoms with Crippen molar-refractivity contribution >= 4 is 0 Å². The highest BCUT2D eigenvalue weighted by Crippen LogP contribution is 2.25. The van der Waals surface area contributed by atoms with E-state index in [9.17, 15) is 0 Å².